The zero-order valence-electron chi connectivity index (χ0n) is 16.4. The van der Waals surface area contributed by atoms with Crippen LogP contribution in [0.1, 0.15) is 36.8 Å². The number of benzene rings is 1. The van der Waals surface area contributed by atoms with E-state index in [4.69, 9.17) is 0 Å². The van der Waals surface area contributed by atoms with Gasteiger partial charge in [0.15, 0.2) is 5.96 Å². The Kier molecular flexibility index (Phi) is 9.52. The summed E-state index contributed by atoms with van der Waals surface area (Å²) in [5.74, 6) is 0.548. The van der Waals surface area contributed by atoms with Crippen molar-refractivity contribution in [2.24, 2.45) is 4.99 Å². The van der Waals surface area contributed by atoms with Crippen molar-refractivity contribution in [3.05, 3.63) is 35.4 Å². The summed E-state index contributed by atoms with van der Waals surface area (Å²) >= 11 is 0. The van der Waals surface area contributed by atoms with Crippen molar-refractivity contribution in [2.45, 2.75) is 31.9 Å². The summed E-state index contributed by atoms with van der Waals surface area (Å²) in [6, 6.07) is 5.54. The van der Waals surface area contributed by atoms with Crippen LogP contribution in [0.3, 0.4) is 0 Å². The van der Waals surface area contributed by atoms with Gasteiger partial charge in [-0.2, -0.15) is 13.2 Å². The molecule has 1 amide bonds. The first-order chi connectivity index (χ1) is 12.7. The molecule has 0 aliphatic carbocycles. The second kappa shape index (κ2) is 10.9. The van der Waals surface area contributed by atoms with Crippen LogP contribution in [0.25, 0.3) is 0 Å². The highest BCUT2D eigenvalue weighted by molar-refractivity contribution is 14.0. The number of nitrogens with one attached hydrogen (secondary N) is 1. The number of halogens is 4. The Morgan fingerprint density at radius 2 is 2.07 bits per heavy atom. The highest BCUT2D eigenvalue weighted by Crippen LogP contribution is 2.33. The summed E-state index contributed by atoms with van der Waals surface area (Å²) in [5, 5.41) is 3.24. The number of carbonyl (C=O) groups excluding carboxylic acids is 1. The van der Waals surface area contributed by atoms with Crippen molar-refractivity contribution in [3.63, 3.8) is 0 Å². The van der Waals surface area contributed by atoms with Crippen LogP contribution in [0.5, 0.6) is 0 Å². The van der Waals surface area contributed by atoms with Gasteiger partial charge in [-0.1, -0.05) is 25.1 Å². The molecule has 28 heavy (non-hydrogen) atoms. The monoisotopic (exact) mass is 512 g/mol. The van der Waals surface area contributed by atoms with Gasteiger partial charge in [0.2, 0.25) is 5.91 Å². The number of hydrogen-bond acceptors (Lipinski definition) is 2. The fraction of sp³-hybridized carbons (Fsp3) is 0.579. The van der Waals surface area contributed by atoms with Crippen LogP contribution in [0.15, 0.2) is 29.3 Å². The largest absolute Gasteiger partial charge is 0.416 e. The van der Waals surface area contributed by atoms with Crippen LogP contribution in [0.4, 0.5) is 13.2 Å². The summed E-state index contributed by atoms with van der Waals surface area (Å²) in [4.78, 5) is 19.7. The predicted octanol–water partition coefficient (Wildman–Crippen LogP) is 3.56. The van der Waals surface area contributed by atoms with Crippen LogP contribution < -0.4 is 5.32 Å². The van der Waals surface area contributed by atoms with Crippen LogP contribution in [-0.2, 0) is 11.0 Å². The van der Waals surface area contributed by atoms with E-state index >= 15 is 0 Å². The lowest BCUT2D eigenvalue weighted by Gasteiger charge is -2.22. The van der Waals surface area contributed by atoms with Gasteiger partial charge in [0.05, 0.1) is 5.56 Å². The lowest BCUT2D eigenvalue weighted by molar-refractivity contribution is -0.137. The predicted molar refractivity (Wildman–Crippen MR) is 115 cm³/mol. The number of rotatable bonds is 5. The molecular formula is C19H28F3IN4O. The Morgan fingerprint density at radius 1 is 1.36 bits per heavy atom. The van der Waals surface area contributed by atoms with Crippen molar-refractivity contribution < 1.29 is 18.0 Å². The summed E-state index contributed by atoms with van der Waals surface area (Å²) in [6.07, 6.45) is -2.68. The third-order valence-corrected chi connectivity index (χ3v) is 4.57. The third kappa shape index (κ3) is 6.82. The molecule has 0 spiro atoms. The van der Waals surface area contributed by atoms with Crippen LogP contribution in [0.2, 0.25) is 0 Å². The van der Waals surface area contributed by atoms with Gasteiger partial charge in [-0.25, -0.2) is 4.99 Å². The Labute approximate surface area is 181 Å². The molecule has 0 bridgehead atoms. The molecule has 1 aromatic carbocycles. The normalized spacial score (nSPS) is 17.3. The lowest BCUT2D eigenvalue weighted by Crippen LogP contribution is -2.41. The van der Waals surface area contributed by atoms with Crippen molar-refractivity contribution in [2.75, 3.05) is 40.3 Å². The van der Waals surface area contributed by atoms with E-state index < -0.39 is 11.7 Å². The van der Waals surface area contributed by atoms with E-state index in [9.17, 15) is 18.0 Å². The van der Waals surface area contributed by atoms with Crippen molar-refractivity contribution in [1.82, 2.24) is 15.1 Å². The lowest BCUT2D eigenvalue weighted by atomic mass is 9.96. The minimum atomic E-state index is -4.34. The van der Waals surface area contributed by atoms with Crippen LogP contribution in [0, 0.1) is 0 Å². The van der Waals surface area contributed by atoms with Gasteiger partial charge in [-0.3, -0.25) is 4.79 Å². The van der Waals surface area contributed by atoms with Crippen LogP contribution in [-0.4, -0.2) is 61.9 Å². The molecule has 158 valence electrons. The molecule has 1 atom stereocenters. The van der Waals surface area contributed by atoms with Gasteiger partial charge < -0.3 is 15.1 Å². The summed E-state index contributed by atoms with van der Waals surface area (Å²) in [7, 11) is 3.35. The van der Waals surface area contributed by atoms with E-state index in [1.807, 2.05) is 11.8 Å². The van der Waals surface area contributed by atoms with Crippen LogP contribution >= 0.6 is 24.0 Å². The first-order valence-corrected chi connectivity index (χ1v) is 9.13. The molecule has 0 saturated carbocycles. The standard InChI is InChI=1S/C19H27F3N4O.HI/c1-4-9-23-18(24-12-17(27)25(2)3)26-10-8-15(13-26)14-6-5-7-16(11-14)19(20,21)22;/h5-7,11,15H,4,8-10,12-13H2,1-3H3,(H,23,24);1H. The number of hydrogen-bond donors (Lipinski definition) is 1. The highest BCUT2D eigenvalue weighted by Gasteiger charge is 2.32. The number of carbonyl (C=O) groups is 1. The number of nitrogens with zero attached hydrogens (tertiary/aromatic N) is 3. The molecule has 0 radical (unpaired) electrons. The minimum Gasteiger partial charge on any atom is -0.356 e. The molecule has 2 rings (SSSR count). The Balaban J connectivity index is 0.00000392. The van der Waals surface area contributed by atoms with Gasteiger partial charge in [-0.05, 0) is 24.5 Å². The van der Waals surface area contributed by atoms with Crippen molar-refractivity contribution in [1.29, 1.82) is 0 Å². The fourth-order valence-corrected chi connectivity index (χ4v) is 2.98. The first kappa shape index (κ1) is 24.5. The van der Waals surface area contributed by atoms with Gasteiger partial charge in [0, 0.05) is 39.6 Å². The molecule has 1 fully saturated rings. The smallest absolute Gasteiger partial charge is 0.356 e. The maximum Gasteiger partial charge on any atom is 0.416 e. The molecule has 1 unspecified atom stereocenters. The Hall–Kier alpha value is -1.52. The maximum absolute atomic E-state index is 13.0. The summed E-state index contributed by atoms with van der Waals surface area (Å²) < 4.78 is 38.9. The Morgan fingerprint density at radius 3 is 2.68 bits per heavy atom. The molecule has 1 heterocycles. The molecule has 1 aliphatic rings. The van der Waals surface area contributed by atoms with E-state index in [2.05, 4.69) is 10.3 Å². The summed E-state index contributed by atoms with van der Waals surface area (Å²) in [5.41, 5.74) is 0.0690. The average Bonchev–Trinajstić information content (AvgIpc) is 3.11. The van der Waals surface area contributed by atoms with Gasteiger partial charge in [0.1, 0.15) is 6.54 Å². The van der Waals surface area contributed by atoms with Crippen molar-refractivity contribution in [3.8, 4) is 0 Å². The Bertz CT molecular complexity index is 679. The van der Waals surface area contributed by atoms with Gasteiger partial charge in [-0.15, -0.1) is 24.0 Å². The number of alkyl halides is 3. The number of likely N-dealkylation sites (tertiary alicyclic amines) is 1. The zero-order valence-corrected chi connectivity index (χ0v) is 18.8. The number of amides is 1. The van der Waals surface area contributed by atoms with E-state index in [-0.39, 0.29) is 42.3 Å². The number of aliphatic imine (C=N–C) groups is 1. The number of likely N-dealkylation sites (N-methyl/N-ethyl adjacent to an activating group) is 1. The van der Waals surface area contributed by atoms with E-state index in [1.54, 1.807) is 20.2 Å². The van der Waals surface area contributed by atoms with E-state index in [0.29, 0.717) is 24.6 Å². The van der Waals surface area contributed by atoms with E-state index in [0.717, 1.165) is 25.5 Å². The molecule has 1 N–H and O–H groups in total. The molecule has 1 aromatic rings. The molecule has 5 nitrogen and oxygen atoms in total. The molecule has 9 heteroatoms. The molecular weight excluding hydrogens is 484 g/mol. The van der Waals surface area contributed by atoms with Gasteiger partial charge in [0.25, 0.3) is 0 Å². The van der Waals surface area contributed by atoms with E-state index in [1.165, 1.54) is 17.0 Å². The number of guanidine groups is 1. The molecule has 1 saturated heterocycles. The average molecular weight is 512 g/mol. The van der Waals surface area contributed by atoms with Crippen molar-refractivity contribution >= 4 is 35.8 Å². The SMILES string of the molecule is CCCNC(=NCC(=O)N(C)C)N1CCC(c2cccc(C(F)(F)F)c2)C1.I. The first-order valence-electron chi connectivity index (χ1n) is 9.13. The zero-order chi connectivity index (χ0) is 20.0. The summed E-state index contributed by atoms with van der Waals surface area (Å²) in [6.45, 7) is 4.06. The minimum absolute atomic E-state index is 0. The fourth-order valence-electron chi connectivity index (χ4n) is 2.98. The second-order valence-electron chi connectivity index (χ2n) is 6.91. The third-order valence-electron chi connectivity index (χ3n) is 4.57. The second-order valence-corrected chi connectivity index (χ2v) is 6.91. The highest BCUT2D eigenvalue weighted by atomic mass is 127. The van der Waals surface area contributed by atoms with Gasteiger partial charge >= 0.3 is 6.18 Å². The molecule has 1 aliphatic heterocycles. The topological polar surface area (TPSA) is 47.9 Å². The maximum atomic E-state index is 13.0. The quantitative estimate of drug-likeness (QED) is 0.373. The molecule has 0 aromatic heterocycles.